The van der Waals surface area contributed by atoms with Gasteiger partial charge in [0.25, 0.3) is 0 Å². The molecular weight excluding hydrogens is 361 g/mol. The maximum Gasteiger partial charge on any atom is 0.416 e. The van der Waals surface area contributed by atoms with E-state index in [2.05, 4.69) is 26.0 Å². The molecule has 3 nitrogen and oxygen atoms in total. The molecule has 1 unspecified atom stereocenters. The van der Waals surface area contributed by atoms with E-state index in [1.807, 2.05) is 0 Å². The molecule has 1 saturated heterocycles. The highest BCUT2D eigenvalue weighted by Gasteiger charge is 2.34. The molecule has 0 radical (unpaired) electrons. The van der Waals surface area contributed by atoms with Crippen molar-refractivity contribution < 1.29 is 18.0 Å². The average Bonchev–Trinajstić information content (AvgIpc) is 3.07. The molecule has 2 aliphatic heterocycles. The molecule has 1 fully saturated rings. The quantitative estimate of drug-likeness (QED) is 0.795. The van der Waals surface area contributed by atoms with Crippen molar-refractivity contribution in [3.63, 3.8) is 0 Å². The standard InChI is InChI=1S/C15H16BrF3N2O/c16-14-7-13(22-20-14)11-4-5-21(9-11)8-10-2-1-3-12(6-10)15(17,18)19/h1-3,6,11,13H,4-5,7-9H2/t11-,13?/m1/s1. The molecule has 22 heavy (non-hydrogen) atoms. The number of oxime groups is 1. The Hall–Kier alpha value is -1.08. The van der Waals surface area contributed by atoms with E-state index in [1.54, 1.807) is 6.07 Å². The number of alkyl halides is 3. The number of rotatable bonds is 3. The lowest BCUT2D eigenvalue weighted by Gasteiger charge is -2.19. The van der Waals surface area contributed by atoms with Crippen LogP contribution in [0.3, 0.4) is 0 Å². The summed E-state index contributed by atoms with van der Waals surface area (Å²) in [6.07, 6.45) is -2.44. The van der Waals surface area contributed by atoms with Crippen LogP contribution >= 0.6 is 15.9 Å². The first-order valence-electron chi connectivity index (χ1n) is 7.18. The van der Waals surface area contributed by atoms with E-state index in [0.29, 0.717) is 18.0 Å². The van der Waals surface area contributed by atoms with Crippen molar-refractivity contribution in [2.75, 3.05) is 13.1 Å². The monoisotopic (exact) mass is 376 g/mol. The fourth-order valence-electron chi connectivity index (χ4n) is 3.03. The molecule has 0 saturated carbocycles. The Bertz CT molecular complexity index is 576. The molecule has 0 bridgehead atoms. The van der Waals surface area contributed by atoms with Crippen LogP contribution in [0.1, 0.15) is 24.0 Å². The molecule has 3 rings (SSSR count). The minimum absolute atomic E-state index is 0.0842. The molecular formula is C15H16BrF3N2O. The highest BCUT2D eigenvalue weighted by atomic mass is 79.9. The predicted octanol–water partition coefficient (Wildman–Crippen LogP) is 4.02. The van der Waals surface area contributed by atoms with Gasteiger partial charge >= 0.3 is 6.18 Å². The molecule has 0 aromatic heterocycles. The van der Waals surface area contributed by atoms with E-state index >= 15 is 0 Å². The predicted molar refractivity (Wildman–Crippen MR) is 80.7 cm³/mol. The number of halogens is 4. The van der Waals surface area contributed by atoms with E-state index in [4.69, 9.17) is 4.84 Å². The Labute approximate surface area is 135 Å². The van der Waals surface area contributed by atoms with Gasteiger partial charge in [-0.2, -0.15) is 13.2 Å². The summed E-state index contributed by atoms with van der Waals surface area (Å²) in [5.74, 6) is 0.379. The molecule has 2 aliphatic rings. The first kappa shape index (κ1) is 15.8. The van der Waals surface area contributed by atoms with Crippen LogP contribution in [-0.4, -0.2) is 28.7 Å². The first-order valence-corrected chi connectivity index (χ1v) is 7.98. The first-order chi connectivity index (χ1) is 10.4. The fraction of sp³-hybridized carbons (Fsp3) is 0.533. The van der Waals surface area contributed by atoms with E-state index in [-0.39, 0.29) is 6.10 Å². The Morgan fingerprint density at radius 3 is 2.86 bits per heavy atom. The third-order valence-corrected chi connectivity index (χ3v) is 4.62. The summed E-state index contributed by atoms with van der Waals surface area (Å²) in [4.78, 5) is 7.55. The molecule has 0 amide bonds. The summed E-state index contributed by atoms with van der Waals surface area (Å²) in [7, 11) is 0. The molecule has 1 aromatic rings. The van der Waals surface area contributed by atoms with Gasteiger partial charge in [0.2, 0.25) is 0 Å². The van der Waals surface area contributed by atoms with Crippen molar-refractivity contribution in [1.29, 1.82) is 0 Å². The van der Waals surface area contributed by atoms with Gasteiger partial charge in [0, 0.05) is 25.4 Å². The van der Waals surface area contributed by atoms with Crippen LogP contribution in [0, 0.1) is 5.92 Å². The zero-order valence-corrected chi connectivity index (χ0v) is 13.4. The second-order valence-corrected chi connectivity index (χ2v) is 6.71. The Morgan fingerprint density at radius 1 is 1.36 bits per heavy atom. The lowest BCUT2D eigenvalue weighted by Crippen LogP contribution is -2.25. The smallest absolute Gasteiger partial charge is 0.391 e. The van der Waals surface area contributed by atoms with E-state index in [0.717, 1.165) is 36.6 Å². The maximum atomic E-state index is 12.7. The van der Waals surface area contributed by atoms with Gasteiger partial charge in [0.1, 0.15) is 10.7 Å². The third kappa shape index (κ3) is 3.63. The molecule has 2 atom stereocenters. The highest BCUT2D eigenvalue weighted by molar-refractivity contribution is 9.18. The zero-order valence-electron chi connectivity index (χ0n) is 11.8. The van der Waals surface area contributed by atoms with Crippen LogP contribution in [0.15, 0.2) is 29.4 Å². The van der Waals surface area contributed by atoms with Crippen molar-refractivity contribution in [3.8, 4) is 0 Å². The number of hydrogen-bond donors (Lipinski definition) is 0. The Kier molecular flexibility index (Phi) is 4.45. The van der Waals surface area contributed by atoms with Crippen molar-refractivity contribution >= 4 is 20.6 Å². The number of nitrogens with zero attached hydrogens (tertiary/aromatic N) is 2. The summed E-state index contributed by atoms with van der Waals surface area (Å²) >= 11 is 3.33. The maximum absolute atomic E-state index is 12.7. The normalized spacial score (nSPS) is 26.1. The second kappa shape index (κ2) is 6.20. The molecule has 0 spiro atoms. The summed E-state index contributed by atoms with van der Waals surface area (Å²) in [6.45, 7) is 2.24. The molecule has 2 heterocycles. The molecule has 120 valence electrons. The SMILES string of the molecule is FC(F)(F)c1cccc(CN2CC[C@@H](C3CC(Br)=NO3)C2)c1. The largest absolute Gasteiger partial charge is 0.416 e. The van der Waals surface area contributed by atoms with Crippen LogP contribution in [0.25, 0.3) is 0 Å². The Morgan fingerprint density at radius 2 is 2.18 bits per heavy atom. The zero-order chi connectivity index (χ0) is 15.7. The van der Waals surface area contributed by atoms with E-state index in [9.17, 15) is 13.2 Å². The highest BCUT2D eigenvalue weighted by Crippen LogP contribution is 2.31. The second-order valence-electron chi connectivity index (χ2n) is 5.80. The van der Waals surface area contributed by atoms with Crippen molar-refractivity contribution in [2.24, 2.45) is 11.1 Å². The molecule has 0 aliphatic carbocycles. The fourth-order valence-corrected chi connectivity index (χ4v) is 3.43. The van der Waals surface area contributed by atoms with Crippen LogP contribution in [0.5, 0.6) is 0 Å². The summed E-state index contributed by atoms with van der Waals surface area (Å²) in [5, 5.41) is 3.90. The number of likely N-dealkylation sites (tertiary alicyclic amines) is 1. The van der Waals surface area contributed by atoms with Gasteiger partial charge in [-0.25, -0.2) is 0 Å². The topological polar surface area (TPSA) is 24.8 Å². The number of benzene rings is 1. The molecule has 7 heteroatoms. The van der Waals surface area contributed by atoms with Crippen LogP contribution < -0.4 is 0 Å². The van der Waals surface area contributed by atoms with Gasteiger partial charge in [-0.15, -0.1) is 0 Å². The van der Waals surface area contributed by atoms with Crippen LogP contribution in [-0.2, 0) is 17.6 Å². The lowest BCUT2D eigenvalue weighted by atomic mass is 10.00. The summed E-state index contributed by atoms with van der Waals surface area (Å²) < 4.78 is 39.0. The van der Waals surface area contributed by atoms with Gasteiger partial charge in [-0.1, -0.05) is 23.4 Å². The Balaban J connectivity index is 1.58. The average molecular weight is 377 g/mol. The van der Waals surface area contributed by atoms with E-state index in [1.165, 1.54) is 12.1 Å². The van der Waals surface area contributed by atoms with Crippen LogP contribution in [0.4, 0.5) is 13.2 Å². The summed E-state index contributed by atoms with van der Waals surface area (Å²) in [6, 6.07) is 5.56. The summed E-state index contributed by atoms with van der Waals surface area (Å²) in [5.41, 5.74) is 0.109. The van der Waals surface area contributed by atoms with Gasteiger partial charge in [0.15, 0.2) is 0 Å². The minimum Gasteiger partial charge on any atom is -0.391 e. The lowest BCUT2D eigenvalue weighted by molar-refractivity contribution is -0.137. The van der Waals surface area contributed by atoms with Crippen LogP contribution in [0.2, 0.25) is 0 Å². The van der Waals surface area contributed by atoms with Gasteiger partial charge in [0.05, 0.1) is 5.56 Å². The van der Waals surface area contributed by atoms with Crippen molar-refractivity contribution in [3.05, 3.63) is 35.4 Å². The van der Waals surface area contributed by atoms with Gasteiger partial charge < -0.3 is 4.84 Å². The van der Waals surface area contributed by atoms with Gasteiger partial charge in [-0.3, -0.25) is 4.90 Å². The third-order valence-electron chi connectivity index (χ3n) is 4.15. The number of hydrogen-bond acceptors (Lipinski definition) is 3. The minimum atomic E-state index is -4.29. The van der Waals surface area contributed by atoms with Crippen molar-refractivity contribution in [1.82, 2.24) is 4.90 Å². The van der Waals surface area contributed by atoms with Gasteiger partial charge in [-0.05, 0) is 40.5 Å². The molecule has 1 aromatic carbocycles. The van der Waals surface area contributed by atoms with Crippen molar-refractivity contribution in [2.45, 2.75) is 31.7 Å². The molecule has 0 N–H and O–H groups in total. The van der Waals surface area contributed by atoms with E-state index < -0.39 is 11.7 Å².